The molecule has 5 nitrogen and oxygen atoms in total. The van der Waals surface area contributed by atoms with Gasteiger partial charge in [-0.2, -0.15) is 0 Å². The van der Waals surface area contributed by atoms with E-state index in [4.69, 9.17) is 5.84 Å². The van der Waals surface area contributed by atoms with E-state index in [1.54, 1.807) is 29.2 Å². The van der Waals surface area contributed by atoms with Crippen LogP contribution >= 0.6 is 23.1 Å². The number of pyridine rings is 1. The molecule has 0 radical (unpaired) electrons. The van der Waals surface area contributed by atoms with Crippen LogP contribution in [-0.2, 0) is 5.75 Å². The van der Waals surface area contributed by atoms with Crippen LogP contribution in [0, 0.1) is 6.92 Å². The number of rotatable bonds is 4. The molecule has 94 valence electrons. The Labute approximate surface area is 113 Å². The van der Waals surface area contributed by atoms with E-state index >= 15 is 0 Å². The lowest BCUT2D eigenvalue weighted by Gasteiger charge is -2.01. The molecule has 0 saturated carbocycles. The lowest BCUT2D eigenvalue weighted by molar-refractivity contribution is 0.0953. The highest BCUT2D eigenvalue weighted by Gasteiger charge is 2.05. The summed E-state index contributed by atoms with van der Waals surface area (Å²) in [7, 11) is 0. The van der Waals surface area contributed by atoms with Crippen LogP contribution < -0.4 is 11.3 Å². The van der Waals surface area contributed by atoms with Gasteiger partial charge in [-0.1, -0.05) is 11.8 Å². The summed E-state index contributed by atoms with van der Waals surface area (Å²) in [6.45, 7) is 1.97. The minimum absolute atomic E-state index is 0.336. The van der Waals surface area contributed by atoms with E-state index in [0.717, 1.165) is 21.5 Å². The number of nitrogens with one attached hydrogen (secondary N) is 1. The van der Waals surface area contributed by atoms with Crippen molar-refractivity contribution < 1.29 is 4.79 Å². The molecule has 0 bridgehead atoms. The molecule has 0 saturated heterocycles. The van der Waals surface area contributed by atoms with Crippen molar-refractivity contribution in [3.8, 4) is 0 Å². The maximum absolute atomic E-state index is 11.2. The number of nitrogens with zero attached hydrogens (tertiary/aromatic N) is 2. The van der Waals surface area contributed by atoms with Crippen LogP contribution in [0.2, 0.25) is 0 Å². The van der Waals surface area contributed by atoms with Gasteiger partial charge in [-0.25, -0.2) is 10.8 Å². The summed E-state index contributed by atoms with van der Waals surface area (Å²) in [6.07, 6.45) is 1.52. The van der Waals surface area contributed by atoms with Gasteiger partial charge in [-0.05, 0) is 19.1 Å². The molecule has 0 fully saturated rings. The van der Waals surface area contributed by atoms with E-state index in [-0.39, 0.29) is 5.91 Å². The first kappa shape index (κ1) is 13.0. The second kappa shape index (κ2) is 5.94. The SMILES string of the molecule is Cc1csc(SCc2ccc(C(=O)NN)cn2)n1. The first-order valence-corrected chi connectivity index (χ1v) is 7.06. The Morgan fingerprint density at radius 3 is 2.94 bits per heavy atom. The third kappa shape index (κ3) is 3.28. The number of carbonyl (C=O) groups is 1. The van der Waals surface area contributed by atoms with E-state index in [1.807, 2.05) is 18.4 Å². The molecule has 0 aliphatic heterocycles. The van der Waals surface area contributed by atoms with Crippen LogP contribution in [0.25, 0.3) is 0 Å². The van der Waals surface area contributed by atoms with Crippen molar-refractivity contribution in [2.45, 2.75) is 17.0 Å². The molecule has 0 aliphatic rings. The van der Waals surface area contributed by atoms with Gasteiger partial charge in [0.2, 0.25) is 0 Å². The molecule has 2 rings (SSSR count). The van der Waals surface area contributed by atoms with E-state index < -0.39 is 0 Å². The summed E-state index contributed by atoms with van der Waals surface area (Å²) in [5.74, 6) is 5.44. The Balaban J connectivity index is 1.96. The summed E-state index contributed by atoms with van der Waals surface area (Å²) in [6, 6.07) is 3.52. The number of thiazole rings is 1. The van der Waals surface area contributed by atoms with Crippen LogP contribution in [0.15, 0.2) is 28.0 Å². The van der Waals surface area contributed by atoms with Crippen LogP contribution in [-0.4, -0.2) is 15.9 Å². The largest absolute Gasteiger partial charge is 0.290 e. The first-order valence-electron chi connectivity index (χ1n) is 5.20. The molecule has 1 amide bonds. The van der Waals surface area contributed by atoms with Gasteiger partial charge in [0.15, 0.2) is 0 Å². The van der Waals surface area contributed by atoms with E-state index in [9.17, 15) is 4.79 Å². The Morgan fingerprint density at radius 2 is 2.39 bits per heavy atom. The monoisotopic (exact) mass is 280 g/mol. The zero-order valence-corrected chi connectivity index (χ0v) is 11.3. The smallest absolute Gasteiger partial charge is 0.266 e. The molecule has 0 spiro atoms. The highest BCUT2D eigenvalue weighted by Crippen LogP contribution is 2.25. The lowest BCUT2D eigenvalue weighted by atomic mass is 10.2. The number of hydrogen-bond acceptors (Lipinski definition) is 6. The van der Waals surface area contributed by atoms with Gasteiger partial charge in [-0.15, -0.1) is 11.3 Å². The summed E-state index contributed by atoms with van der Waals surface area (Å²) in [5, 5.41) is 2.02. The fourth-order valence-corrected chi connectivity index (χ4v) is 3.03. The Hall–Kier alpha value is -1.44. The molecule has 2 heterocycles. The number of aromatic nitrogens is 2. The third-order valence-corrected chi connectivity index (χ3v) is 4.33. The Kier molecular flexibility index (Phi) is 4.29. The minimum atomic E-state index is -0.336. The normalized spacial score (nSPS) is 10.3. The minimum Gasteiger partial charge on any atom is -0.290 e. The van der Waals surface area contributed by atoms with Gasteiger partial charge in [0, 0.05) is 23.0 Å². The van der Waals surface area contributed by atoms with Gasteiger partial charge in [0.25, 0.3) is 5.91 Å². The van der Waals surface area contributed by atoms with E-state index in [1.165, 1.54) is 6.20 Å². The van der Waals surface area contributed by atoms with E-state index in [2.05, 4.69) is 15.4 Å². The van der Waals surface area contributed by atoms with Crippen molar-refractivity contribution in [3.05, 3.63) is 40.7 Å². The third-order valence-electron chi connectivity index (χ3n) is 2.16. The topological polar surface area (TPSA) is 80.9 Å². The van der Waals surface area contributed by atoms with Gasteiger partial charge in [0.1, 0.15) is 4.34 Å². The average Bonchev–Trinajstić information content (AvgIpc) is 2.82. The molecular weight excluding hydrogens is 268 g/mol. The fourth-order valence-electron chi connectivity index (χ4n) is 1.26. The number of aryl methyl sites for hydroxylation is 1. The van der Waals surface area contributed by atoms with Crippen molar-refractivity contribution in [3.63, 3.8) is 0 Å². The van der Waals surface area contributed by atoms with Crippen LogP contribution in [0.1, 0.15) is 21.7 Å². The summed E-state index contributed by atoms with van der Waals surface area (Å²) in [5.41, 5.74) is 4.46. The van der Waals surface area contributed by atoms with Gasteiger partial charge in [-0.3, -0.25) is 15.2 Å². The number of thioether (sulfide) groups is 1. The molecule has 0 aromatic carbocycles. The number of amides is 1. The second-order valence-electron chi connectivity index (χ2n) is 3.56. The van der Waals surface area contributed by atoms with Crippen molar-refractivity contribution in [2.24, 2.45) is 5.84 Å². The van der Waals surface area contributed by atoms with Gasteiger partial charge in [0.05, 0.1) is 11.3 Å². The van der Waals surface area contributed by atoms with Crippen molar-refractivity contribution >= 4 is 29.0 Å². The molecule has 18 heavy (non-hydrogen) atoms. The summed E-state index contributed by atoms with van der Waals surface area (Å²) < 4.78 is 1.03. The Bertz CT molecular complexity index is 538. The lowest BCUT2D eigenvalue weighted by Crippen LogP contribution is -2.30. The molecule has 2 aromatic heterocycles. The van der Waals surface area contributed by atoms with Gasteiger partial charge < -0.3 is 0 Å². The number of hydrogen-bond donors (Lipinski definition) is 2. The van der Waals surface area contributed by atoms with Crippen molar-refractivity contribution in [1.82, 2.24) is 15.4 Å². The quantitative estimate of drug-likeness (QED) is 0.386. The molecular formula is C11H12N4OS2. The van der Waals surface area contributed by atoms with E-state index in [0.29, 0.717) is 5.56 Å². The standard InChI is InChI=1S/C11H12N4OS2/c1-7-5-17-11(14-7)18-6-9-3-2-8(4-13-9)10(16)15-12/h2-5H,6,12H2,1H3,(H,15,16). The number of hydrazine groups is 1. The fraction of sp³-hybridized carbons (Fsp3) is 0.182. The maximum Gasteiger partial charge on any atom is 0.266 e. The molecule has 2 aromatic rings. The van der Waals surface area contributed by atoms with Crippen LogP contribution in [0.4, 0.5) is 0 Å². The second-order valence-corrected chi connectivity index (χ2v) is 5.64. The number of nitrogens with two attached hydrogens (primary N) is 1. The van der Waals surface area contributed by atoms with Gasteiger partial charge >= 0.3 is 0 Å². The predicted molar refractivity (Wildman–Crippen MR) is 72.3 cm³/mol. The summed E-state index contributed by atoms with van der Waals surface area (Å²) in [4.78, 5) is 19.8. The maximum atomic E-state index is 11.2. The summed E-state index contributed by atoms with van der Waals surface area (Å²) >= 11 is 3.26. The number of carbonyl (C=O) groups excluding carboxylic acids is 1. The number of nitrogen functional groups attached to an aromatic ring is 1. The highest BCUT2D eigenvalue weighted by molar-refractivity contribution is 8.00. The van der Waals surface area contributed by atoms with Crippen molar-refractivity contribution in [1.29, 1.82) is 0 Å². The molecule has 0 aliphatic carbocycles. The van der Waals surface area contributed by atoms with Crippen LogP contribution in [0.3, 0.4) is 0 Å². The first-order chi connectivity index (χ1) is 8.69. The molecule has 0 atom stereocenters. The zero-order valence-electron chi connectivity index (χ0n) is 9.71. The molecule has 7 heteroatoms. The van der Waals surface area contributed by atoms with Crippen LogP contribution in [0.5, 0.6) is 0 Å². The Morgan fingerprint density at radius 1 is 1.56 bits per heavy atom. The van der Waals surface area contributed by atoms with Crippen molar-refractivity contribution in [2.75, 3.05) is 0 Å². The predicted octanol–water partition coefficient (Wildman–Crippen LogP) is 1.74. The molecule has 0 unspecified atom stereocenters. The zero-order chi connectivity index (χ0) is 13.0. The highest BCUT2D eigenvalue weighted by atomic mass is 32.2. The average molecular weight is 280 g/mol. The molecule has 3 N–H and O–H groups in total.